The Morgan fingerprint density at radius 2 is 1.81 bits per heavy atom. The van der Waals surface area contributed by atoms with E-state index >= 15 is 0 Å². The van der Waals surface area contributed by atoms with Crippen molar-refractivity contribution in [3.63, 3.8) is 0 Å². The van der Waals surface area contributed by atoms with Crippen molar-refractivity contribution in [2.75, 3.05) is 38.7 Å². The average Bonchev–Trinajstić information content (AvgIpc) is 3.32. The summed E-state index contributed by atoms with van der Waals surface area (Å²) in [7, 11) is -1.96. The number of anilines is 1. The molecule has 0 aliphatic carbocycles. The van der Waals surface area contributed by atoms with Crippen molar-refractivity contribution in [1.82, 2.24) is 4.31 Å². The standard InChI is InChI=1S/C22H22N2O5S2/c1-28-19-7-5-18(6-8-19)23-22(25)17-4-2-3-16(15-17)20-9-10-21(30-20)31(26,27)24-11-13-29-14-12-24/h2-10,15H,11-14H2,1H3,(H,23,25). The summed E-state index contributed by atoms with van der Waals surface area (Å²) in [5.41, 5.74) is 1.93. The number of nitrogens with zero attached hydrogens (tertiary/aromatic N) is 1. The molecule has 0 unspecified atom stereocenters. The van der Waals surface area contributed by atoms with Gasteiger partial charge in [-0.25, -0.2) is 8.42 Å². The van der Waals surface area contributed by atoms with Crippen LogP contribution in [0.1, 0.15) is 10.4 Å². The molecule has 1 aliphatic heterocycles. The lowest BCUT2D eigenvalue weighted by Crippen LogP contribution is -2.40. The second kappa shape index (κ2) is 9.19. The molecule has 2 aromatic carbocycles. The Kier molecular flexibility index (Phi) is 6.38. The molecule has 3 aromatic rings. The van der Waals surface area contributed by atoms with Crippen molar-refractivity contribution in [2.24, 2.45) is 0 Å². The van der Waals surface area contributed by atoms with Gasteiger partial charge in [-0.2, -0.15) is 4.31 Å². The highest BCUT2D eigenvalue weighted by Crippen LogP contribution is 2.33. The Morgan fingerprint density at radius 1 is 1.06 bits per heavy atom. The van der Waals surface area contributed by atoms with E-state index in [-0.39, 0.29) is 10.1 Å². The highest BCUT2D eigenvalue weighted by Gasteiger charge is 2.27. The van der Waals surface area contributed by atoms with Gasteiger partial charge in [-0.15, -0.1) is 11.3 Å². The Bertz CT molecular complexity index is 1170. The minimum absolute atomic E-state index is 0.246. The van der Waals surface area contributed by atoms with Crippen LogP contribution in [0.3, 0.4) is 0 Å². The van der Waals surface area contributed by atoms with E-state index in [1.54, 1.807) is 61.7 Å². The molecule has 0 bridgehead atoms. The first kappa shape index (κ1) is 21.5. The van der Waals surface area contributed by atoms with Gasteiger partial charge in [0, 0.05) is 29.2 Å². The summed E-state index contributed by atoms with van der Waals surface area (Å²) >= 11 is 1.20. The summed E-state index contributed by atoms with van der Waals surface area (Å²) in [6, 6.07) is 17.6. The molecule has 1 saturated heterocycles. The molecule has 9 heteroatoms. The maximum Gasteiger partial charge on any atom is 0.255 e. The molecule has 0 radical (unpaired) electrons. The van der Waals surface area contributed by atoms with Crippen LogP contribution in [0, 0.1) is 0 Å². The number of hydrogen-bond acceptors (Lipinski definition) is 6. The van der Waals surface area contributed by atoms with E-state index in [4.69, 9.17) is 9.47 Å². The summed E-state index contributed by atoms with van der Waals surface area (Å²) < 4.78 is 37.8. The lowest BCUT2D eigenvalue weighted by Gasteiger charge is -2.25. The Morgan fingerprint density at radius 3 is 2.52 bits per heavy atom. The number of ether oxygens (including phenoxy) is 2. The third-order valence-electron chi connectivity index (χ3n) is 4.90. The van der Waals surface area contributed by atoms with E-state index in [0.29, 0.717) is 43.3 Å². The summed E-state index contributed by atoms with van der Waals surface area (Å²) in [6.45, 7) is 1.53. The lowest BCUT2D eigenvalue weighted by atomic mass is 10.1. The van der Waals surface area contributed by atoms with Crippen LogP contribution in [0.25, 0.3) is 10.4 Å². The maximum atomic E-state index is 12.9. The SMILES string of the molecule is COc1ccc(NC(=O)c2cccc(-c3ccc(S(=O)(=O)N4CCOCC4)s3)c2)cc1. The molecular weight excluding hydrogens is 436 g/mol. The number of rotatable bonds is 6. The van der Waals surface area contributed by atoms with Crippen molar-refractivity contribution in [3.05, 3.63) is 66.2 Å². The smallest absolute Gasteiger partial charge is 0.255 e. The minimum Gasteiger partial charge on any atom is -0.497 e. The topological polar surface area (TPSA) is 84.9 Å². The molecule has 2 heterocycles. The predicted octanol–water partition coefficient (Wildman–Crippen LogP) is 3.70. The normalized spacial score (nSPS) is 14.9. The van der Waals surface area contributed by atoms with Gasteiger partial charge in [-0.05, 0) is 54.1 Å². The number of hydrogen-bond donors (Lipinski definition) is 1. The van der Waals surface area contributed by atoms with Crippen LogP contribution in [0.5, 0.6) is 5.75 Å². The molecule has 1 aliphatic rings. The Balaban J connectivity index is 1.52. The molecular formula is C22H22N2O5S2. The molecule has 162 valence electrons. The number of morpholine rings is 1. The molecule has 7 nitrogen and oxygen atoms in total. The van der Waals surface area contributed by atoms with Crippen LogP contribution in [0.15, 0.2) is 64.9 Å². The molecule has 4 rings (SSSR count). The fourth-order valence-corrected chi connectivity index (χ4v) is 6.08. The first-order valence-corrected chi connectivity index (χ1v) is 12.0. The number of sulfonamides is 1. The molecule has 1 aromatic heterocycles. The van der Waals surface area contributed by atoms with Gasteiger partial charge in [0.1, 0.15) is 9.96 Å². The van der Waals surface area contributed by atoms with Crippen LogP contribution >= 0.6 is 11.3 Å². The number of nitrogens with one attached hydrogen (secondary N) is 1. The maximum absolute atomic E-state index is 12.9. The molecule has 0 saturated carbocycles. The zero-order valence-corrected chi connectivity index (χ0v) is 18.5. The van der Waals surface area contributed by atoms with Crippen molar-refractivity contribution in [3.8, 4) is 16.2 Å². The molecule has 0 spiro atoms. The predicted molar refractivity (Wildman–Crippen MR) is 120 cm³/mol. The van der Waals surface area contributed by atoms with Crippen molar-refractivity contribution < 1.29 is 22.7 Å². The van der Waals surface area contributed by atoms with Crippen LogP contribution in [-0.4, -0.2) is 52.0 Å². The van der Waals surface area contributed by atoms with Gasteiger partial charge in [0.15, 0.2) is 0 Å². The molecule has 31 heavy (non-hydrogen) atoms. The summed E-state index contributed by atoms with van der Waals surface area (Å²) in [5, 5.41) is 2.86. The van der Waals surface area contributed by atoms with Crippen molar-refractivity contribution >= 4 is 33.0 Å². The number of carbonyl (C=O) groups excluding carboxylic acids is 1. The molecule has 0 atom stereocenters. The zero-order valence-electron chi connectivity index (χ0n) is 16.9. The third-order valence-corrected chi connectivity index (χ3v) is 8.40. The third kappa shape index (κ3) is 4.80. The van der Waals surface area contributed by atoms with E-state index in [0.717, 1.165) is 10.4 Å². The van der Waals surface area contributed by atoms with Gasteiger partial charge in [0.2, 0.25) is 0 Å². The number of amides is 1. The lowest BCUT2D eigenvalue weighted by molar-refractivity contribution is 0.0731. The molecule has 1 fully saturated rings. The van der Waals surface area contributed by atoms with Crippen molar-refractivity contribution in [1.29, 1.82) is 0 Å². The highest BCUT2D eigenvalue weighted by molar-refractivity contribution is 7.91. The van der Waals surface area contributed by atoms with E-state index in [1.807, 2.05) is 6.07 Å². The minimum atomic E-state index is -3.54. The van der Waals surface area contributed by atoms with Gasteiger partial charge in [0.05, 0.1) is 20.3 Å². The van der Waals surface area contributed by atoms with Crippen LogP contribution in [0.2, 0.25) is 0 Å². The van der Waals surface area contributed by atoms with Crippen LogP contribution in [-0.2, 0) is 14.8 Å². The van der Waals surface area contributed by atoms with Crippen LogP contribution < -0.4 is 10.1 Å². The number of methoxy groups -OCH3 is 1. The van der Waals surface area contributed by atoms with Crippen LogP contribution in [0.4, 0.5) is 5.69 Å². The number of benzene rings is 2. The largest absolute Gasteiger partial charge is 0.497 e. The number of thiophene rings is 1. The monoisotopic (exact) mass is 458 g/mol. The number of carbonyl (C=O) groups is 1. The van der Waals surface area contributed by atoms with Crippen molar-refractivity contribution in [2.45, 2.75) is 4.21 Å². The molecule has 1 amide bonds. The quantitative estimate of drug-likeness (QED) is 0.609. The van der Waals surface area contributed by atoms with Gasteiger partial charge < -0.3 is 14.8 Å². The average molecular weight is 459 g/mol. The van der Waals surface area contributed by atoms with E-state index in [2.05, 4.69) is 5.32 Å². The summed E-state index contributed by atoms with van der Waals surface area (Å²) in [6.07, 6.45) is 0. The zero-order chi connectivity index (χ0) is 21.8. The second-order valence-corrected chi connectivity index (χ2v) is 10.1. The Labute approximate surface area is 185 Å². The first-order chi connectivity index (χ1) is 15.0. The second-order valence-electron chi connectivity index (χ2n) is 6.90. The van der Waals surface area contributed by atoms with E-state index in [1.165, 1.54) is 15.6 Å². The summed E-state index contributed by atoms with van der Waals surface area (Å²) in [4.78, 5) is 13.5. The fraction of sp³-hybridized carbons (Fsp3) is 0.227. The molecule has 1 N–H and O–H groups in total. The summed E-state index contributed by atoms with van der Waals surface area (Å²) in [5.74, 6) is 0.463. The van der Waals surface area contributed by atoms with E-state index < -0.39 is 10.0 Å². The Hall–Kier alpha value is -2.72. The highest BCUT2D eigenvalue weighted by atomic mass is 32.2. The fourth-order valence-electron chi connectivity index (χ4n) is 3.22. The van der Waals surface area contributed by atoms with Gasteiger partial charge in [0.25, 0.3) is 15.9 Å². The first-order valence-electron chi connectivity index (χ1n) is 9.71. The van der Waals surface area contributed by atoms with Gasteiger partial charge >= 0.3 is 0 Å². The van der Waals surface area contributed by atoms with E-state index in [9.17, 15) is 13.2 Å². The van der Waals surface area contributed by atoms with Gasteiger partial charge in [-0.1, -0.05) is 12.1 Å². The van der Waals surface area contributed by atoms with Gasteiger partial charge in [-0.3, -0.25) is 4.79 Å².